The van der Waals surface area contributed by atoms with Gasteiger partial charge in [0.15, 0.2) is 0 Å². The molecule has 22 heavy (non-hydrogen) atoms. The first-order chi connectivity index (χ1) is 10.5. The summed E-state index contributed by atoms with van der Waals surface area (Å²) in [6.45, 7) is 1.73. The van der Waals surface area contributed by atoms with Crippen molar-refractivity contribution in [3.63, 3.8) is 0 Å². The van der Waals surface area contributed by atoms with Crippen LogP contribution in [0, 0.1) is 10.1 Å². The molecule has 0 saturated heterocycles. The number of anilines is 1. The van der Waals surface area contributed by atoms with E-state index < -0.39 is 16.9 Å². The molecule has 1 aromatic heterocycles. The number of carbonyl (C=O) groups is 1. The maximum absolute atomic E-state index is 11.6. The van der Waals surface area contributed by atoms with Crippen molar-refractivity contribution in [2.75, 3.05) is 4.90 Å². The number of rotatable bonds is 6. The summed E-state index contributed by atoms with van der Waals surface area (Å²) in [4.78, 5) is 31.4. The van der Waals surface area contributed by atoms with E-state index in [0.29, 0.717) is 6.42 Å². The summed E-state index contributed by atoms with van der Waals surface area (Å²) in [5.41, 5.74) is -0.323. The lowest BCUT2D eigenvalue weighted by molar-refractivity contribution is -0.384. The molecule has 0 radical (unpaired) electrons. The number of carboxylic acids is 1. The molecule has 1 aliphatic rings. The molecule has 1 heterocycles. The lowest BCUT2D eigenvalue weighted by Crippen LogP contribution is -2.47. The molecule has 1 saturated carbocycles. The van der Waals surface area contributed by atoms with Crippen molar-refractivity contribution in [2.45, 2.75) is 51.1 Å². The summed E-state index contributed by atoms with van der Waals surface area (Å²) in [5, 5.41) is 20.6. The van der Waals surface area contributed by atoms with E-state index in [1.54, 1.807) is 11.8 Å². The van der Waals surface area contributed by atoms with E-state index >= 15 is 0 Å². The Kier molecular flexibility index (Phi) is 5.12. The highest BCUT2D eigenvalue weighted by Gasteiger charge is 2.37. The topological polar surface area (TPSA) is 109 Å². The molecule has 1 fully saturated rings. The van der Waals surface area contributed by atoms with Crippen molar-refractivity contribution >= 4 is 29.1 Å². The Hall–Kier alpha value is -1.96. The number of nitrogens with zero attached hydrogens (tertiary/aromatic N) is 4. The first-order valence-corrected chi connectivity index (χ1v) is 7.51. The van der Waals surface area contributed by atoms with Crippen LogP contribution in [-0.4, -0.2) is 38.1 Å². The Morgan fingerprint density at radius 3 is 2.73 bits per heavy atom. The quantitative estimate of drug-likeness (QED) is 0.485. The molecule has 0 bridgehead atoms. The Morgan fingerprint density at radius 1 is 1.59 bits per heavy atom. The molecule has 120 valence electrons. The molecule has 0 amide bonds. The summed E-state index contributed by atoms with van der Waals surface area (Å²) < 4.78 is 0. The molecule has 1 N–H and O–H groups in total. The number of aromatic nitrogens is 2. The molecule has 9 heteroatoms. The number of aliphatic carboxylic acids is 1. The zero-order valence-electron chi connectivity index (χ0n) is 12.1. The minimum absolute atomic E-state index is 0.00819. The van der Waals surface area contributed by atoms with E-state index in [-0.39, 0.29) is 22.8 Å². The lowest BCUT2D eigenvalue weighted by atomic mass is 10.1. The monoisotopic (exact) mass is 328 g/mol. The molecule has 1 aromatic rings. The standard InChI is InChI=1S/C13H17ClN4O4/c1-2-9(12(19)20)17(8-5-3-4-6-8)11-10(18(21)22)7-15-13(14)16-11/h7-9H,2-6H2,1H3,(H,19,20). The molecule has 1 atom stereocenters. The van der Waals surface area contributed by atoms with Crippen LogP contribution in [0.4, 0.5) is 11.5 Å². The fourth-order valence-corrected chi connectivity index (χ4v) is 3.04. The molecule has 0 aliphatic heterocycles. The van der Waals surface area contributed by atoms with Gasteiger partial charge in [0, 0.05) is 6.04 Å². The van der Waals surface area contributed by atoms with Crippen molar-refractivity contribution in [1.82, 2.24) is 9.97 Å². The third-order valence-corrected chi connectivity index (χ3v) is 4.07. The van der Waals surface area contributed by atoms with Gasteiger partial charge < -0.3 is 10.0 Å². The third kappa shape index (κ3) is 3.27. The van der Waals surface area contributed by atoms with E-state index in [0.717, 1.165) is 31.9 Å². The van der Waals surface area contributed by atoms with Gasteiger partial charge in [0.2, 0.25) is 11.1 Å². The van der Waals surface area contributed by atoms with Crippen molar-refractivity contribution in [1.29, 1.82) is 0 Å². The van der Waals surface area contributed by atoms with Crippen molar-refractivity contribution in [2.24, 2.45) is 0 Å². The molecule has 1 aliphatic carbocycles. The maximum Gasteiger partial charge on any atom is 0.329 e. The summed E-state index contributed by atoms with van der Waals surface area (Å²) in [5.74, 6) is -1.04. The van der Waals surface area contributed by atoms with E-state index in [1.165, 1.54) is 0 Å². The second kappa shape index (κ2) is 6.87. The van der Waals surface area contributed by atoms with Gasteiger partial charge in [0.05, 0.1) is 4.92 Å². The first-order valence-electron chi connectivity index (χ1n) is 7.13. The average Bonchev–Trinajstić information content (AvgIpc) is 2.97. The number of hydrogen-bond acceptors (Lipinski definition) is 6. The predicted octanol–water partition coefficient (Wildman–Crippen LogP) is 2.65. The summed E-state index contributed by atoms with van der Waals surface area (Å²) >= 11 is 5.78. The fourth-order valence-electron chi connectivity index (χ4n) is 2.91. The largest absolute Gasteiger partial charge is 0.480 e. The van der Waals surface area contributed by atoms with Crippen LogP contribution >= 0.6 is 11.6 Å². The van der Waals surface area contributed by atoms with Gasteiger partial charge in [-0.2, -0.15) is 4.98 Å². The zero-order chi connectivity index (χ0) is 16.3. The molecular formula is C13H17ClN4O4. The van der Waals surface area contributed by atoms with Crippen LogP contribution in [0.2, 0.25) is 5.28 Å². The maximum atomic E-state index is 11.6. The van der Waals surface area contributed by atoms with Gasteiger partial charge in [-0.15, -0.1) is 0 Å². The normalized spacial score (nSPS) is 16.5. The lowest BCUT2D eigenvalue weighted by Gasteiger charge is -2.34. The van der Waals surface area contributed by atoms with Crippen LogP contribution in [0.5, 0.6) is 0 Å². The molecule has 8 nitrogen and oxygen atoms in total. The Morgan fingerprint density at radius 2 is 2.23 bits per heavy atom. The van der Waals surface area contributed by atoms with Gasteiger partial charge in [0.25, 0.3) is 0 Å². The summed E-state index contributed by atoms with van der Waals surface area (Å²) in [6.07, 6.45) is 4.82. The van der Waals surface area contributed by atoms with Crippen LogP contribution < -0.4 is 4.90 Å². The Balaban J connectivity index is 2.55. The SMILES string of the molecule is CCC(C(=O)O)N(c1nc(Cl)ncc1[N+](=O)[O-])C1CCCC1. The number of hydrogen-bond donors (Lipinski definition) is 1. The third-order valence-electron chi connectivity index (χ3n) is 3.89. The number of halogens is 1. The van der Waals surface area contributed by atoms with Gasteiger partial charge in [-0.05, 0) is 30.9 Å². The highest BCUT2D eigenvalue weighted by molar-refractivity contribution is 6.28. The van der Waals surface area contributed by atoms with Crippen LogP contribution in [-0.2, 0) is 4.79 Å². The summed E-state index contributed by atoms with van der Waals surface area (Å²) in [7, 11) is 0. The van der Waals surface area contributed by atoms with Crippen molar-refractivity contribution < 1.29 is 14.8 Å². The Labute approximate surface area is 132 Å². The van der Waals surface area contributed by atoms with Gasteiger partial charge in [-0.1, -0.05) is 19.8 Å². The predicted molar refractivity (Wildman–Crippen MR) is 80.1 cm³/mol. The van der Waals surface area contributed by atoms with Crippen LogP contribution in [0.15, 0.2) is 6.20 Å². The highest BCUT2D eigenvalue weighted by Crippen LogP contribution is 2.35. The van der Waals surface area contributed by atoms with E-state index in [4.69, 9.17) is 11.6 Å². The number of carboxylic acid groups (broad SMARTS) is 1. The van der Waals surface area contributed by atoms with Crippen molar-refractivity contribution in [3.05, 3.63) is 21.6 Å². The second-order valence-corrected chi connectivity index (χ2v) is 5.55. The van der Waals surface area contributed by atoms with Crippen LogP contribution in [0.1, 0.15) is 39.0 Å². The molecule has 0 aromatic carbocycles. The second-order valence-electron chi connectivity index (χ2n) is 5.21. The zero-order valence-corrected chi connectivity index (χ0v) is 12.9. The van der Waals surface area contributed by atoms with Gasteiger partial charge >= 0.3 is 11.7 Å². The van der Waals surface area contributed by atoms with Gasteiger partial charge in [-0.25, -0.2) is 9.78 Å². The van der Waals surface area contributed by atoms with Gasteiger partial charge in [0.1, 0.15) is 12.2 Å². The first kappa shape index (κ1) is 16.4. The smallest absolute Gasteiger partial charge is 0.329 e. The highest BCUT2D eigenvalue weighted by atomic mass is 35.5. The minimum atomic E-state index is -1.03. The van der Waals surface area contributed by atoms with Crippen LogP contribution in [0.25, 0.3) is 0 Å². The Bertz CT molecular complexity index is 577. The molecule has 0 spiro atoms. The van der Waals surface area contributed by atoms with Crippen LogP contribution in [0.3, 0.4) is 0 Å². The molecular weight excluding hydrogens is 312 g/mol. The molecule has 1 unspecified atom stereocenters. The van der Waals surface area contributed by atoms with E-state index in [1.807, 2.05) is 0 Å². The molecule has 2 rings (SSSR count). The van der Waals surface area contributed by atoms with Gasteiger partial charge in [-0.3, -0.25) is 10.1 Å². The summed E-state index contributed by atoms with van der Waals surface area (Å²) in [6, 6.07) is -0.974. The fraction of sp³-hybridized carbons (Fsp3) is 0.615. The number of nitro groups is 1. The van der Waals surface area contributed by atoms with E-state index in [2.05, 4.69) is 9.97 Å². The van der Waals surface area contributed by atoms with Crippen molar-refractivity contribution in [3.8, 4) is 0 Å². The van der Waals surface area contributed by atoms with E-state index in [9.17, 15) is 20.0 Å². The minimum Gasteiger partial charge on any atom is -0.480 e. The average molecular weight is 329 g/mol.